The Kier molecular flexibility index (Phi) is 9.87. The molecule has 38 heavy (non-hydrogen) atoms. The van der Waals surface area contributed by atoms with Crippen LogP contribution >= 0.6 is 0 Å². The molecule has 0 aliphatic carbocycles. The van der Waals surface area contributed by atoms with Crippen molar-refractivity contribution in [1.82, 2.24) is 20.2 Å². The third-order valence-corrected chi connectivity index (χ3v) is 6.34. The van der Waals surface area contributed by atoms with Crippen molar-refractivity contribution in [3.05, 3.63) is 80.3 Å². The van der Waals surface area contributed by atoms with Crippen molar-refractivity contribution in [3.63, 3.8) is 0 Å². The van der Waals surface area contributed by atoms with E-state index in [1.54, 1.807) is 0 Å². The van der Waals surface area contributed by atoms with Gasteiger partial charge in [-0.1, -0.05) is 13.0 Å². The number of H-pyrrole nitrogens is 1. The normalized spacial score (nSPS) is 18.3. The molecule has 0 unspecified atom stereocenters. The molecule has 1 amide bonds. The van der Waals surface area contributed by atoms with Crippen LogP contribution in [0.1, 0.15) is 54.5 Å². The number of halogens is 3. The number of carbonyl (C=O) groups is 1. The molecule has 2 atom stereocenters. The zero-order chi connectivity index (χ0) is 27.9. The minimum absolute atomic E-state index is 0. The number of aromatic amines is 1. The molecule has 0 radical (unpaired) electrons. The van der Waals surface area contributed by atoms with Crippen LogP contribution in [0.5, 0.6) is 0 Å². The van der Waals surface area contributed by atoms with Gasteiger partial charge in [-0.3, -0.25) is 14.2 Å². The molecule has 3 N–H and O–H groups in total. The first-order valence-electron chi connectivity index (χ1n) is 12.5. The quantitative estimate of drug-likeness (QED) is 0.440. The number of carbonyl (C=O) groups excluding carboxylic acids is 1. The second-order valence-electron chi connectivity index (χ2n) is 9.57. The van der Waals surface area contributed by atoms with E-state index in [1.165, 1.54) is 38.3 Å². The van der Waals surface area contributed by atoms with Gasteiger partial charge < -0.3 is 20.4 Å². The van der Waals surface area contributed by atoms with Gasteiger partial charge in [0.2, 0.25) is 5.91 Å². The molecule has 0 spiro atoms. The van der Waals surface area contributed by atoms with E-state index in [-0.39, 0.29) is 24.9 Å². The van der Waals surface area contributed by atoms with E-state index in [0.717, 1.165) is 38.0 Å². The first-order valence-corrected chi connectivity index (χ1v) is 12.5. The fourth-order valence-electron chi connectivity index (χ4n) is 4.38. The summed E-state index contributed by atoms with van der Waals surface area (Å²) in [5, 5.41) is 5.82. The van der Waals surface area contributed by atoms with Crippen LogP contribution in [-0.4, -0.2) is 40.8 Å². The minimum Gasteiger partial charge on any atom is -0.380 e. The smallest absolute Gasteiger partial charge is 0.329 e. The maximum absolute atomic E-state index is 13.8. The summed E-state index contributed by atoms with van der Waals surface area (Å²) in [5.41, 5.74) is -1.24. The Morgan fingerprint density at radius 2 is 1.87 bits per heavy atom. The number of hydrogen-bond donors (Lipinski definition) is 3. The molecule has 1 aromatic heterocycles. The lowest BCUT2D eigenvalue weighted by molar-refractivity contribution is -0.122. The van der Waals surface area contributed by atoms with Crippen LogP contribution in [0.15, 0.2) is 46.0 Å². The molecule has 4 rings (SSSR count). The van der Waals surface area contributed by atoms with Crippen molar-refractivity contribution in [2.45, 2.75) is 58.2 Å². The lowest BCUT2D eigenvalue weighted by Gasteiger charge is -2.28. The summed E-state index contributed by atoms with van der Waals surface area (Å²) in [5.74, 6) is -2.99. The van der Waals surface area contributed by atoms with Crippen LogP contribution in [0.25, 0.3) is 10.9 Å². The first-order chi connectivity index (χ1) is 18.0. The first kappa shape index (κ1) is 29.1. The number of fused-ring (bicyclic) bond motifs is 1. The second kappa shape index (κ2) is 12.9. The summed E-state index contributed by atoms with van der Waals surface area (Å²) in [7, 11) is 0. The number of likely N-dealkylation sites (N-methyl/N-ethyl adjacent to an activating group) is 1. The Bertz CT molecular complexity index is 1390. The summed E-state index contributed by atoms with van der Waals surface area (Å²) in [4.78, 5) is 39.0. The third kappa shape index (κ3) is 7.55. The van der Waals surface area contributed by atoms with Gasteiger partial charge in [-0.2, -0.15) is 0 Å². The van der Waals surface area contributed by atoms with Crippen LogP contribution in [0.3, 0.4) is 0 Å². The fourth-order valence-corrected chi connectivity index (χ4v) is 4.38. The van der Waals surface area contributed by atoms with Gasteiger partial charge in [0.25, 0.3) is 5.56 Å². The van der Waals surface area contributed by atoms with Crippen molar-refractivity contribution in [2.75, 3.05) is 19.8 Å². The molecule has 210 valence electrons. The van der Waals surface area contributed by atoms with Gasteiger partial charge in [-0.25, -0.2) is 18.0 Å². The van der Waals surface area contributed by atoms with Crippen molar-refractivity contribution < 1.29 is 25.6 Å². The minimum atomic E-state index is -0.838. The largest absolute Gasteiger partial charge is 0.380 e. The van der Waals surface area contributed by atoms with Crippen molar-refractivity contribution >= 4 is 16.8 Å². The van der Waals surface area contributed by atoms with Gasteiger partial charge in [0.1, 0.15) is 24.0 Å². The lowest BCUT2D eigenvalue weighted by Crippen LogP contribution is -2.45. The Hall–Kier alpha value is -3.44. The van der Waals surface area contributed by atoms with E-state index in [4.69, 9.17) is 4.74 Å². The highest BCUT2D eigenvalue weighted by Crippen LogP contribution is 2.18. The van der Waals surface area contributed by atoms with Crippen molar-refractivity contribution in [2.24, 2.45) is 0 Å². The summed E-state index contributed by atoms with van der Waals surface area (Å²) in [6, 6.07) is 5.39. The summed E-state index contributed by atoms with van der Waals surface area (Å²) in [6.45, 7) is 8.09. The zero-order valence-corrected chi connectivity index (χ0v) is 21.7. The maximum atomic E-state index is 13.8. The summed E-state index contributed by atoms with van der Waals surface area (Å²) in [6.07, 6.45) is 3.77. The predicted molar refractivity (Wildman–Crippen MR) is 143 cm³/mol. The van der Waals surface area contributed by atoms with Crippen LogP contribution in [0.2, 0.25) is 0 Å². The van der Waals surface area contributed by atoms with Crippen molar-refractivity contribution in [1.29, 1.82) is 0 Å². The maximum Gasteiger partial charge on any atom is 0.329 e. The molecule has 2 aromatic carbocycles. The monoisotopic (exact) mass is 538 g/mol. The van der Waals surface area contributed by atoms with E-state index in [1.807, 2.05) is 0 Å². The highest BCUT2D eigenvalue weighted by Gasteiger charge is 2.24. The van der Waals surface area contributed by atoms with Gasteiger partial charge in [0.15, 0.2) is 0 Å². The van der Waals surface area contributed by atoms with Crippen molar-refractivity contribution in [3.8, 4) is 0 Å². The van der Waals surface area contributed by atoms with Gasteiger partial charge >= 0.3 is 5.69 Å². The summed E-state index contributed by atoms with van der Waals surface area (Å²) >= 11 is 0. The number of ether oxygens (including phenoxy) is 1. The number of aromatic nitrogens is 2. The highest BCUT2D eigenvalue weighted by molar-refractivity contribution is 5.79. The second-order valence-corrected chi connectivity index (χ2v) is 9.57. The van der Waals surface area contributed by atoms with E-state index in [0.29, 0.717) is 10.6 Å². The molecule has 0 bridgehead atoms. The molecular weight excluding hydrogens is 501 g/mol. The average Bonchev–Trinajstić information content (AvgIpc) is 3.07. The van der Waals surface area contributed by atoms with Gasteiger partial charge in [-0.15, -0.1) is 0 Å². The molecule has 1 saturated heterocycles. The van der Waals surface area contributed by atoms with Gasteiger partial charge in [0.05, 0.1) is 23.6 Å². The Labute approximate surface area is 221 Å². The number of nitrogens with zero attached hydrogens (tertiary/aromatic N) is 1. The number of hydrogen-bond acceptors (Lipinski definition) is 5. The molecule has 1 aliphatic heterocycles. The van der Waals surface area contributed by atoms with Crippen LogP contribution in [0.4, 0.5) is 13.2 Å². The Morgan fingerprint density at radius 3 is 2.58 bits per heavy atom. The highest BCUT2D eigenvalue weighted by atomic mass is 19.1. The molecule has 2 heterocycles. The molecule has 1 aliphatic rings. The SMILES string of the molecule is CCN[C@@]1(C)CCCCOC1.C[C@H](NC(=O)Cn1c(=O)[nH]c2ccc(F)cc2c1=O)c1ccc(F)cc1F.[HH].[HH]. The van der Waals surface area contributed by atoms with Gasteiger partial charge in [0, 0.05) is 26.6 Å². The van der Waals surface area contributed by atoms with E-state index in [2.05, 4.69) is 29.5 Å². The van der Waals surface area contributed by atoms with Gasteiger partial charge in [-0.05, 0) is 63.9 Å². The number of nitrogens with one attached hydrogen (secondary N) is 3. The number of benzene rings is 2. The Morgan fingerprint density at radius 1 is 1.16 bits per heavy atom. The lowest BCUT2D eigenvalue weighted by atomic mass is 9.97. The fraction of sp³-hybridized carbons (Fsp3) is 0.444. The average molecular weight is 539 g/mol. The number of rotatable bonds is 6. The van der Waals surface area contributed by atoms with Crippen LogP contribution in [0, 0.1) is 17.5 Å². The van der Waals surface area contributed by atoms with Crippen LogP contribution < -0.4 is 21.9 Å². The topological polar surface area (TPSA) is 105 Å². The predicted octanol–water partition coefficient (Wildman–Crippen LogP) is 4.03. The molecule has 11 heteroatoms. The molecular formula is C27H37F3N4O4. The van der Waals surface area contributed by atoms with Crippen LogP contribution in [-0.2, 0) is 16.1 Å². The standard InChI is InChI=1S/C18H14F3N3O3.C9H19NO.2H2/c1-9(12-4-2-11(20)7-14(12)21)22-16(25)8-24-17(26)13-6-10(19)3-5-15(13)23-18(24)27;1-3-10-9(2)6-4-5-7-11-8-9;;/h2-7,9H,8H2,1H3,(H,22,25)(H,23,27);10H,3-8H2,1-2H3;2*1H/t2*9-;;/m00../s1. The van der Waals surface area contributed by atoms with E-state index in [9.17, 15) is 27.6 Å². The molecule has 0 saturated carbocycles. The third-order valence-electron chi connectivity index (χ3n) is 6.34. The Balaban J connectivity index is 0.000000522. The summed E-state index contributed by atoms with van der Waals surface area (Å²) < 4.78 is 46.2. The molecule has 1 fully saturated rings. The molecule has 8 nitrogen and oxygen atoms in total. The number of amides is 1. The van der Waals surface area contributed by atoms with E-state index < -0.39 is 47.2 Å². The zero-order valence-electron chi connectivity index (χ0n) is 21.7. The molecule has 3 aromatic rings. The van der Waals surface area contributed by atoms with E-state index >= 15 is 0 Å².